The number of alkyl halides is 6. The number of halogens is 6. The van der Waals surface area contributed by atoms with Crippen LogP contribution in [0.4, 0.5) is 26.3 Å². The Morgan fingerprint density at radius 3 is 1.70 bits per heavy atom. The van der Waals surface area contributed by atoms with E-state index in [4.69, 9.17) is 0 Å². The molecule has 0 atom stereocenters. The van der Waals surface area contributed by atoms with E-state index in [-0.39, 0.29) is 0 Å². The summed E-state index contributed by atoms with van der Waals surface area (Å²) in [6.07, 6.45) is -11.0. The molecule has 8 heteroatoms. The first kappa shape index (κ1) is 16.3. The molecule has 2 nitrogen and oxygen atoms in total. The molecule has 0 aliphatic carbocycles. The molecular weight excluding hydrogens is 290 g/mol. The normalized spacial score (nSPS) is 12.7. The Morgan fingerprint density at radius 1 is 1.00 bits per heavy atom. The molecule has 0 amide bonds. The van der Waals surface area contributed by atoms with Gasteiger partial charge < -0.3 is 4.74 Å². The number of esters is 1. The highest BCUT2D eigenvalue weighted by molar-refractivity contribution is 5.93. The third kappa shape index (κ3) is 3.64. The van der Waals surface area contributed by atoms with Crippen LogP contribution in [0.1, 0.15) is 35.3 Å². The zero-order chi connectivity index (χ0) is 15.7. The number of carbonyl (C=O) groups excluding carboxylic acids is 1. The number of hydrogen-bond acceptors (Lipinski definition) is 2. The second kappa shape index (κ2) is 5.34. The van der Waals surface area contributed by atoms with Crippen molar-refractivity contribution < 1.29 is 35.9 Å². The predicted molar refractivity (Wildman–Crippen MR) is 57.0 cm³/mol. The maximum atomic E-state index is 12.7. The van der Waals surface area contributed by atoms with E-state index in [2.05, 4.69) is 4.74 Å². The summed E-state index contributed by atoms with van der Waals surface area (Å²) < 4.78 is 80.9. The average Bonchev–Trinajstić information content (AvgIpc) is 2.24. The predicted octanol–water partition coefficient (Wildman–Crippen LogP) is 4.29. The average molecular weight is 300 g/mol. The number of ether oxygens (including phenoxy) is 1. The van der Waals surface area contributed by atoms with Crippen LogP contribution in [0, 0.1) is 0 Å². The van der Waals surface area contributed by atoms with Crippen LogP contribution in [-0.4, -0.2) is 12.1 Å². The Hall–Kier alpha value is -1.73. The standard InChI is InChI=1S/C12H10F6O2/c1-6(2)20-10(19)9-7(11(13,14)15)4-3-5-8(9)12(16,17)18/h3-6H,1-2H3. The summed E-state index contributed by atoms with van der Waals surface area (Å²) in [5.74, 6) is -1.65. The summed E-state index contributed by atoms with van der Waals surface area (Å²) in [6.45, 7) is 2.64. The molecule has 1 rings (SSSR count). The molecule has 0 aromatic heterocycles. The smallest absolute Gasteiger partial charge is 0.417 e. The van der Waals surface area contributed by atoms with Crippen molar-refractivity contribution in [2.24, 2.45) is 0 Å². The quantitative estimate of drug-likeness (QED) is 0.601. The SMILES string of the molecule is CC(C)OC(=O)c1c(C(F)(F)F)cccc1C(F)(F)F. The molecule has 0 N–H and O–H groups in total. The molecule has 0 spiro atoms. The summed E-state index contributed by atoms with van der Waals surface area (Å²) in [7, 11) is 0. The lowest BCUT2D eigenvalue weighted by atomic mass is 10.00. The van der Waals surface area contributed by atoms with Gasteiger partial charge in [-0.25, -0.2) is 4.79 Å². The van der Waals surface area contributed by atoms with Crippen LogP contribution in [-0.2, 0) is 17.1 Å². The lowest BCUT2D eigenvalue weighted by Crippen LogP contribution is -2.23. The van der Waals surface area contributed by atoms with Crippen molar-refractivity contribution in [3.8, 4) is 0 Å². The van der Waals surface area contributed by atoms with E-state index in [0.717, 1.165) is 0 Å². The molecule has 112 valence electrons. The molecule has 1 aromatic carbocycles. The fourth-order valence-corrected chi connectivity index (χ4v) is 1.52. The minimum Gasteiger partial charge on any atom is -0.459 e. The van der Waals surface area contributed by atoms with Gasteiger partial charge >= 0.3 is 18.3 Å². The topological polar surface area (TPSA) is 26.3 Å². The fourth-order valence-electron chi connectivity index (χ4n) is 1.52. The van der Waals surface area contributed by atoms with Crippen molar-refractivity contribution in [3.05, 3.63) is 34.9 Å². The molecule has 0 unspecified atom stereocenters. The molecule has 0 aliphatic heterocycles. The highest BCUT2D eigenvalue weighted by Crippen LogP contribution is 2.39. The van der Waals surface area contributed by atoms with Crippen molar-refractivity contribution in [2.75, 3.05) is 0 Å². The summed E-state index contributed by atoms with van der Waals surface area (Å²) in [5, 5.41) is 0. The Balaban J connectivity index is 3.53. The molecule has 20 heavy (non-hydrogen) atoms. The molecule has 0 saturated carbocycles. The van der Waals surface area contributed by atoms with Crippen molar-refractivity contribution in [1.29, 1.82) is 0 Å². The summed E-state index contributed by atoms with van der Waals surface area (Å²) in [4.78, 5) is 11.6. The van der Waals surface area contributed by atoms with Gasteiger partial charge in [-0.2, -0.15) is 26.3 Å². The van der Waals surface area contributed by atoms with Crippen LogP contribution >= 0.6 is 0 Å². The Bertz CT molecular complexity index is 469. The summed E-state index contributed by atoms with van der Waals surface area (Å²) in [5.41, 5.74) is -4.85. The number of hydrogen-bond donors (Lipinski definition) is 0. The maximum Gasteiger partial charge on any atom is 0.417 e. The van der Waals surface area contributed by atoms with Gasteiger partial charge in [-0.15, -0.1) is 0 Å². The van der Waals surface area contributed by atoms with E-state index in [0.29, 0.717) is 18.2 Å². The van der Waals surface area contributed by atoms with Crippen molar-refractivity contribution in [2.45, 2.75) is 32.3 Å². The van der Waals surface area contributed by atoms with Crippen LogP contribution in [0.5, 0.6) is 0 Å². The molecule has 0 saturated heterocycles. The van der Waals surface area contributed by atoms with Gasteiger partial charge in [0.05, 0.1) is 22.8 Å². The van der Waals surface area contributed by atoms with Crippen LogP contribution in [0.2, 0.25) is 0 Å². The Labute approximate surface area is 110 Å². The lowest BCUT2D eigenvalue weighted by Gasteiger charge is -2.18. The molecule has 0 radical (unpaired) electrons. The summed E-state index contributed by atoms with van der Waals surface area (Å²) >= 11 is 0. The first-order chi connectivity index (χ1) is 8.94. The highest BCUT2D eigenvalue weighted by Gasteiger charge is 2.43. The Kier molecular flexibility index (Phi) is 4.36. The third-order valence-electron chi connectivity index (χ3n) is 2.22. The van der Waals surface area contributed by atoms with E-state index in [1.165, 1.54) is 13.8 Å². The van der Waals surface area contributed by atoms with Crippen LogP contribution < -0.4 is 0 Å². The molecule has 0 aliphatic rings. The van der Waals surface area contributed by atoms with Gasteiger partial charge in [0, 0.05) is 0 Å². The zero-order valence-electron chi connectivity index (χ0n) is 10.4. The van der Waals surface area contributed by atoms with Crippen LogP contribution in [0.3, 0.4) is 0 Å². The van der Waals surface area contributed by atoms with Crippen LogP contribution in [0.25, 0.3) is 0 Å². The minimum atomic E-state index is -5.09. The number of benzene rings is 1. The molecular formula is C12H10F6O2. The van der Waals surface area contributed by atoms with Crippen molar-refractivity contribution in [3.63, 3.8) is 0 Å². The molecule has 1 aromatic rings. The van der Waals surface area contributed by atoms with Gasteiger partial charge in [0.1, 0.15) is 0 Å². The fraction of sp³-hybridized carbons (Fsp3) is 0.417. The zero-order valence-corrected chi connectivity index (χ0v) is 10.4. The minimum absolute atomic E-state index is 0.409. The maximum absolute atomic E-state index is 12.7. The second-order valence-electron chi connectivity index (χ2n) is 4.18. The van der Waals surface area contributed by atoms with Gasteiger partial charge in [0.15, 0.2) is 0 Å². The van der Waals surface area contributed by atoms with E-state index in [9.17, 15) is 31.1 Å². The third-order valence-corrected chi connectivity index (χ3v) is 2.22. The first-order valence-corrected chi connectivity index (χ1v) is 5.43. The Morgan fingerprint density at radius 2 is 1.40 bits per heavy atom. The molecule has 0 fully saturated rings. The molecule has 0 heterocycles. The highest BCUT2D eigenvalue weighted by atomic mass is 19.4. The number of rotatable bonds is 2. The first-order valence-electron chi connectivity index (χ1n) is 5.43. The van der Waals surface area contributed by atoms with Gasteiger partial charge in [-0.1, -0.05) is 6.07 Å². The number of carbonyl (C=O) groups is 1. The molecule has 0 bridgehead atoms. The van der Waals surface area contributed by atoms with E-state index in [1.807, 2.05) is 0 Å². The largest absolute Gasteiger partial charge is 0.459 e. The monoisotopic (exact) mass is 300 g/mol. The summed E-state index contributed by atoms with van der Waals surface area (Å²) in [6, 6.07) is 1.41. The second-order valence-corrected chi connectivity index (χ2v) is 4.18. The van der Waals surface area contributed by atoms with Gasteiger partial charge in [-0.3, -0.25) is 0 Å². The van der Waals surface area contributed by atoms with Crippen LogP contribution in [0.15, 0.2) is 18.2 Å². The van der Waals surface area contributed by atoms with E-state index >= 15 is 0 Å². The van der Waals surface area contributed by atoms with Crippen molar-refractivity contribution in [1.82, 2.24) is 0 Å². The van der Waals surface area contributed by atoms with Gasteiger partial charge in [0.2, 0.25) is 0 Å². The van der Waals surface area contributed by atoms with E-state index in [1.54, 1.807) is 0 Å². The van der Waals surface area contributed by atoms with E-state index < -0.39 is 41.1 Å². The van der Waals surface area contributed by atoms with Gasteiger partial charge in [-0.05, 0) is 26.0 Å². The van der Waals surface area contributed by atoms with Crippen molar-refractivity contribution >= 4 is 5.97 Å². The lowest BCUT2D eigenvalue weighted by molar-refractivity contribution is -0.144. The van der Waals surface area contributed by atoms with Gasteiger partial charge in [0.25, 0.3) is 0 Å².